The van der Waals surface area contributed by atoms with Gasteiger partial charge in [0, 0.05) is 22.5 Å². The predicted octanol–water partition coefficient (Wildman–Crippen LogP) is 6.99. The monoisotopic (exact) mass is 639 g/mol. The molecule has 44 heavy (non-hydrogen) atoms. The van der Waals surface area contributed by atoms with E-state index >= 15 is 8.78 Å². The molecule has 11 heteroatoms. The van der Waals surface area contributed by atoms with Gasteiger partial charge < -0.3 is 20.1 Å². The minimum atomic E-state index is -1.79. The number of methoxy groups -OCH3 is 1. The lowest BCUT2D eigenvalue weighted by atomic mass is 9.62. The van der Waals surface area contributed by atoms with Gasteiger partial charge in [-0.3, -0.25) is 4.79 Å². The highest BCUT2D eigenvalue weighted by atomic mass is 35.5. The second-order valence-electron chi connectivity index (χ2n) is 11.6. The van der Waals surface area contributed by atoms with E-state index in [9.17, 15) is 14.9 Å². The summed E-state index contributed by atoms with van der Waals surface area (Å²) in [7, 11) is 1.34. The molecule has 1 saturated heterocycles. The van der Waals surface area contributed by atoms with Gasteiger partial charge in [0.25, 0.3) is 0 Å². The van der Waals surface area contributed by atoms with Crippen LogP contribution in [0.4, 0.5) is 14.5 Å². The minimum absolute atomic E-state index is 0.0419. The first-order valence-corrected chi connectivity index (χ1v) is 14.3. The molecule has 1 aliphatic rings. The maximum absolute atomic E-state index is 15.9. The Hall–Kier alpha value is -4.15. The largest absolute Gasteiger partial charge is 0.495 e. The number of halogens is 4. The van der Waals surface area contributed by atoms with Crippen LogP contribution in [0.5, 0.6) is 5.75 Å². The van der Waals surface area contributed by atoms with E-state index in [0.717, 1.165) is 6.07 Å². The molecule has 7 nitrogen and oxygen atoms in total. The number of carbonyl (C=O) groups excluding carboxylic acids is 2. The molecule has 0 aromatic heterocycles. The van der Waals surface area contributed by atoms with E-state index in [1.807, 2.05) is 20.8 Å². The van der Waals surface area contributed by atoms with E-state index < -0.39 is 52.3 Å². The van der Waals surface area contributed by atoms with Gasteiger partial charge in [-0.1, -0.05) is 68.6 Å². The first-order valence-electron chi connectivity index (χ1n) is 13.5. The average Bonchev–Trinajstić information content (AvgIpc) is 3.27. The lowest BCUT2D eigenvalue weighted by Gasteiger charge is -2.37. The number of terminal acetylenes is 1. The van der Waals surface area contributed by atoms with Gasteiger partial charge in [0.1, 0.15) is 28.9 Å². The molecular weight excluding hydrogens is 611 g/mol. The third kappa shape index (κ3) is 6.23. The van der Waals surface area contributed by atoms with Gasteiger partial charge in [-0.05, 0) is 53.8 Å². The second-order valence-corrected chi connectivity index (χ2v) is 12.4. The van der Waals surface area contributed by atoms with Crippen LogP contribution in [0.1, 0.15) is 54.6 Å². The quantitative estimate of drug-likeness (QED) is 0.213. The molecule has 1 fully saturated rings. The van der Waals surface area contributed by atoms with Crippen molar-refractivity contribution in [1.29, 1.82) is 5.26 Å². The minimum Gasteiger partial charge on any atom is -0.495 e. The fraction of sp³-hybridized carbons (Fsp3) is 0.303. The zero-order valence-corrected chi connectivity index (χ0v) is 25.8. The number of carbonyl (C=O) groups is 2. The highest BCUT2D eigenvalue weighted by Crippen LogP contribution is 2.53. The molecule has 3 aromatic carbocycles. The van der Waals surface area contributed by atoms with Crippen LogP contribution >= 0.6 is 23.2 Å². The first-order chi connectivity index (χ1) is 20.8. The van der Waals surface area contributed by atoms with E-state index in [0.29, 0.717) is 6.42 Å². The van der Waals surface area contributed by atoms with E-state index in [1.165, 1.54) is 55.6 Å². The number of rotatable bonds is 7. The molecule has 3 aromatic rings. The van der Waals surface area contributed by atoms with Gasteiger partial charge in [-0.15, -0.1) is 0 Å². The van der Waals surface area contributed by atoms with E-state index in [4.69, 9.17) is 34.4 Å². The highest BCUT2D eigenvalue weighted by molar-refractivity contribution is 6.31. The van der Waals surface area contributed by atoms with Crippen molar-refractivity contribution < 1.29 is 27.8 Å². The Morgan fingerprint density at radius 2 is 1.86 bits per heavy atom. The standard InChI is InChI=1S/C33H29Cl2F2N3O4/c1-6-44-31(42)18-10-13-24(25(14-18)43-5)39-30(41)29-27(20-8-7-9-22(35)28(20)37)33(17-38,26(40-29)16-32(2,3)4)21-12-11-19(34)15-23(21)36/h1,7-15,26-27,29,40H,16H2,2-5H3,(H,39,41)/t26-,27-,29+,33-/m0/s1. The molecule has 1 heterocycles. The van der Waals surface area contributed by atoms with Crippen LogP contribution in [-0.4, -0.2) is 31.1 Å². The third-order valence-corrected chi connectivity index (χ3v) is 8.11. The van der Waals surface area contributed by atoms with Crippen molar-refractivity contribution in [3.05, 3.63) is 93.0 Å². The molecule has 0 bridgehead atoms. The van der Waals surface area contributed by atoms with Crippen LogP contribution in [0.25, 0.3) is 0 Å². The SMILES string of the molecule is C#COC(=O)c1ccc(NC(=O)[C@@H]2N[C@@H](CC(C)(C)C)[C@](C#N)(c3ccc(Cl)cc3F)[C@H]2c2cccc(Cl)c2F)c(OC)c1. The van der Waals surface area contributed by atoms with Gasteiger partial charge >= 0.3 is 5.97 Å². The summed E-state index contributed by atoms with van der Waals surface area (Å²) in [5, 5.41) is 16.9. The van der Waals surface area contributed by atoms with Crippen molar-refractivity contribution in [3.63, 3.8) is 0 Å². The zero-order chi connectivity index (χ0) is 32.4. The number of esters is 1. The Morgan fingerprint density at radius 3 is 2.48 bits per heavy atom. The van der Waals surface area contributed by atoms with E-state index in [2.05, 4.69) is 21.4 Å². The molecule has 1 amide bonds. The van der Waals surface area contributed by atoms with Gasteiger partial charge in [-0.25, -0.2) is 13.6 Å². The van der Waals surface area contributed by atoms with Crippen molar-refractivity contribution in [2.75, 3.05) is 12.4 Å². The van der Waals surface area contributed by atoms with Crippen molar-refractivity contribution in [1.82, 2.24) is 5.32 Å². The summed E-state index contributed by atoms with van der Waals surface area (Å²) in [6.45, 7) is 5.82. The number of hydrogen-bond donors (Lipinski definition) is 2. The van der Waals surface area contributed by atoms with E-state index in [1.54, 1.807) is 6.11 Å². The fourth-order valence-corrected chi connectivity index (χ4v) is 6.14. The van der Waals surface area contributed by atoms with Crippen molar-refractivity contribution in [2.45, 2.75) is 50.6 Å². The first kappa shape index (κ1) is 32.8. The number of nitrogens with zero attached hydrogens (tertiary/aromatic N) is 1. The second kappa shape index (κ2) is 12.8. The van der Waals surface area contributed by atoms with Crippen LogP contribution in [0.15, 0.2) is 54.6 Å². The normalized spacial score (nSPS) is 21.2. The summed E-state index contributed by atoms with van der Waals surface area (Å²) >= 11 is 12.3. The molecule has 0 radical (unpaired) electrons. The van der Waals surface area contributed by atoms with Gasteiger partial charge in [0.2, 0.25) is 5.91 Å². The molecule has 0 saturated carbocycles. The van der Waals surface area contributed by atoms with Crippen molar-refractivity contribution in [3.8, 4) is 24.3 Å². The Morgan fingerprint density at radius 1 is 1.14 bits per heavy atom. The average molecular weight is 641 g/mol. The molecule has 1 aliphatic heterocycles. The summed E-state index contributed by atoms with van der Waals surface area (Å²) in [4.78, 5) is 26.3. The summed E-state index contributed by atoms with van der Waals surface area (Å²) in [6.07, 6.45) is 7.16. The van der Waals surface area contributed by atoms with Gasteiger partial charge in [-0.2, -0.15) is 5.26 Å². The third-order valence-electron chi connectivity index (χ3n) is 7.58. The Kier molecular flexibility index (Phi) is 9.56. The summed E-state index contributed by atoms with van der Waals surface area (Å²) in [5.41, 5.74) is -2.04. The van der Waals surface area contributed by atoms with Crippen LogP contribution < -0.4 is 15.4 Å². The van der Waals surface area contributed by atoms with Gasteiger partial charge in [0.15, 0.2) is 0 Å². The van der Waals surface area contributed by atoms with E-state index in [-0.39, 0.29) is 38.2 Å². The van der Waals surface area contributed by atoms with Crippen LogP contribution in [-0.2, 0) is 14.9 Å². The molecule has 4 atom stereocenters. The number of ether oxygens (including phenoxy) is 2. The number of amides is 1. The predicted molar refractivity (Wildman–Crippen MR) is 164 cm³/mol. The molecule has 0 unspecified atom stereocenters. The Balaban J connectivity index is 1.91. The maximum Gasteiger partial charge on any atom is 0.352 e. The number of hydrogen-bond acceptors (Lipinski definition) is 6. The highest BCUT2D eigenvalue weighted by Gasteiger charge is 2.61. The lowest BCUT2D eigenvalue weighted by molar-refractivity contribution is -0.118. The molecule has 0 spiro atoms. The Bertz CT molecular complexity index is 1700. The topological polar surface area (TPSA) is 100 Å². The van der Waals surface area contributed by atoms with Crippen LogP contribution in [0, 0.1) is 40.9 Å². The van der Waals surface area contributed by atoms with Crippen LogP contribution in [0.3, 0.4) is 0 Å². The number of nitrogens with one attached hydrogen (secondary N) is 2. The fourth-order valence-electron chi connectivity index (χ4n) is 5.80. The maximum atomic E-state index is 15.9. The van der Waals surface area contributed by atoms with Crippen molar-refractivity contribution >= 4 is 40.8 Å². The summed E-state index contributed by atoms with van der Waals surface area (Å²) in [6, 6.07) is 12.5. The molecule has 4 rings (SSSR count). The number of nitriles is 1. The number of benzene rings is 3. The molecule has 2 N–H and O–H groups in total. The smallest absolute Gasteiger partial charge is 0.352 e. The van der Waals surface area contributed by atoms with Crippen molar-refractivity contribution in [2.24, 2.45) is 5.41 Å². The molecule has 0 aliphatic carbocycles. The van der Waals surface area contributed by atoms with Gasteiger partial charge in [0.05, 0.1) is 35.5 Å². The zero-order valence-electron chi connectivity index (χ0n) is 24.3. The molecular formula is C33H29Cl2F2N3O4. The Labute approximate surface area is 264 Å². The summed E-state index contributed by atoms with van der Waals surface area (Å²) < 4.78 is 41.6. The molecule has 228 valence electrons. The number of anilines is 1. The summed E-state index contributed by atoms with van der Waals surface area (Å²) in [5.74, 6) is -4.23. The van der Waals surface area contributed by atoms with Crippen LogP contribution in [0.2, 0.25) is 10.0 Å². The lowest BCUT2D eigenvalue weighted by Crippen LogP contribution is -2.45.